The Bertz CT molecular complexity index is 1390. The standard InChI is InChI=1S/C32H40N4O6/c1-21-10-6-9-15-27(21)42-31(41)36-32(2,18-23-19-33-25-14-8-7-13-24(23)25)30(40)34-20-26(22-11-4-3-5-12-22)35-28(37)16-17-29(38)39/h3-5,7-8,11-14,19,21,26-27,33H,6,9-10,15-18,20H2,1-2H3,(H,34,40)(H,35,37)(H,36,41)(H,38,39)/t21?,26-,27+,32-/m1/s1. The first-order valence-corrected chi connectivity index (χ1v) is 14.5. The minimum atomic E-state index is -1.38. The summed E-state index contributed by atoms with van der Waals surface area (Å²) >= 11 is 0. The highest BCUT2D eigenvalue weighted by atomic mass is 16.6. The molecule has 42 heavy (non-hydrogen) atoms. The first-order chi connectivity index (χ1) is 20.1. The predicted octanol–water partition coefficient (Wildman–Crippen LogP) is 4.61. The quantitative estimate of drug-likeness (QED) is 0.213. The molecule has 3 aromatic rings. The van der Waals surface area contributed by atoms with Crippen LogP contribution in [0, 0.1) is 5.92 Å². The molecular formula is C32H40N4O6. The summed E-state index contributed by atoms with van der Waals surface area (Å²) in [7, 11) is 0. The van der Waals surface area contributed by atoms with Gasteiger partial charge in [-0.3, -0.25) is 14.4 Å². The lowest BCUT2D eigenvalue weighted by Gasteiger charge is -2.33. The molecule has 0 radical (unpaired) electrons. The minimum Gasteiger partial charge on any atom is -0.481 e. The monoisotopic (exact) mass is 576 g/mol. The van der Waals surface area contributed by atoms with E-state index >= 15 is 0 Å². The van der Waals surface area contributed by atoms with Crippen molar-refractivity contribution in [1.29, 1.82) is 0 Å². The zero-order valence-corrected chi connectivity index (χ0v) is 24.2. The van der Waals surface area contributed by atoms with Crippen molar-refractivity contribution in [3.05, 3.63) is 71.9 Å². The highest BCUT2D eigenvalue weighted by Crippen LogP contribution is 2.27. The van der Waals surface area contributed by atoms with Crippen LogP contribution < -0.4 is 16.0 Å². The van der Waals surface area contributed by atoms with E-state index < -0.39 is 35.5 Å². The molecule has 224 valence electrons. The Kier molecular flexibility index (Phi) is 10.2. The SMILES string of the molecule is CC1CCCC[C@@H]1OC(=O)N[C@](C)(Cc1c[nH]c2ccccc12)C(=O)NC[C@@H](NC(=O)CCC(=O)O)c1ccccc1. The third kappa shape index (κ3) is 8.11. The number of aromatic amines is 1. The Morgan fingerprint density at radius 3 is 2.48 bits per heavy atom. The summed E-state index contributed by atoms with van der Waals surface area (Å²) in [5, 5.41) is 18.5. The Balaban J connectivity index is 1.52. The van der Waals surface area contributed by atoms with Crippen molar-refractivity contribution < 1.29 is 29.0 Å². The van der Waals surface area contributed by atoms with E-state index in [-0.39, 0.29) is 37.8 Å². The van der Waals surface area contributed by atoms with Gasteiger partial charge in [0.25, 0.3) is 0 Å². The Morgan fingerprint density at radius 2 is 1.74 bits per heavy atom. The largest absolute Gasteiger partial charge is 0.481 e. The van der Waals surface area contributed by atoms with Crippen LogP contribution in [0.15, 0.2) is 60.8 Å². The van der Waals surface area contributed by atoms with Crippen LogP contribution in [0.25, 0.3) is 10.9 Å². The van der Waals surface area contributed by atoms with E-state index in [1.807, 2.05) is 60.8 Å². The van der Waals surface area contributed by atoms with Crippen molar-refractivity contribution in [2.75, 3.05) is 6.54 Å². The molecule has 2 aromatic carbocycles. The van der Waals surface area contributed by atoms with Crippen LogP contribution >= 0.6 is 0 Å². The molecule has 3 amide bonds. The number of nitrogens with one attached hydrogen (secondary N) is 4. The average molecular weight is 577 g/mol. The van der Waals surface area contributed by atoms with Gasteiger partial charge in [-0.05, 0) is 49.3 Å². The maximum Gasteiger partial charge on any atom is 0.408 e. The van der Waals surface area contributed by atoms with Crippen LogP contribution in [0.1, 0.15) is 69.5 Å². The number of H-pyrrole nitrogens is 1. The smallest absolute Gasteiger partial charge is 0.408 e. The maximum absolute atomic E-state index is 13.9. The van der Waals surface area contributed by atoms with Crippen LogP contribution in [0.4, 0.5) is 4.79 Å². The van der Waals surface area contributed by atoms with E-state index in [0.717, 1.165) is 47.7 Å². The molecule has 1 aliphatic carbocycles. The van der Waals surface area contributed by atoms with Crippen LogP contribution in [0.5, 0.6) is 0 Å². The summed E-state index contributed by atoms with van der Waals surface area (Å²) in [4.78, 5) is 53.7. The molecule has 4 rings (SSSR count). The number of carbonyl (C=O) groups excluding carboxylic acids is 3. The second-order valence-corrected chi connectivity index (χ2v) is 11.3. The van der Waals surface area contributed by atoms with E-state index in [2.05, 4.69) is 27.9 Å². The van der Waals surface area contributed by atoms with Crippen LogP contribution in [0.3, 0.4) is 0 Å². The zero-order chi connectivity index (χ0) is 30.1. The number of alkyl carbamates (subject to hydrolysis) is 1. The molecule has 1 heterocycles. The predicted molar refractivity (Wildman–Crippen MR) is 159 cm³/mol. The van der Waals surface area contributed by atoms with Crippen molar-refractivity contribution in [1.82, 2.24) is 20.9 Å². The molecule has 5 N–H and O–H groups in total. The number of amides is 3. The van der Waals surface area contributed by atoms with Crippen molar-refractivity contribution in [3.63, 3.8) is 0 Å². The third-order valence-corrected chi connectivity index (χ3v) is 7.96. The van der Waals surface area contributed by atoms with Gasteiger partial charge < -0.3 is 30.8 Å². The number of carboxylic acids is 1. The number of carboxylic acid groups (broad SMARTS) is 1. The number of hydrogen-bond acceptors (Lipinski definition) is 5. The minimum absolute atomic E-state index is 0.0293. The highest BCUT2D eigenvalue weighted by molar-refractivity contribution is 5.91. The van der Waals surface area contributed by atoms with Crippen molar-refractivity contribution in [2.45, 2.75) is 76.5 Å². The number of benzene rings is 2. The van der Waals surface area contributed by atoms with Crippen LogP contribution in [-0.4, -0.2) is 52.2 Å². The summed E-state index contributed by atoms with van der Waals surface area (Å²) in [6.45, 7) is 3.77. The number of aromatic nitrogens is 1. The number of ether oxygens (including phenoxy) is 1. The van der Waals surface area contributed by atoms with Gasteiger partial charge in [0.15, 0.2) is 0 Å². The second kappa shape index (κ2) is 14.0. The van der Waals surface area contributed by atoms with Crippen LogP contribution in [-0.2, 0) is 25.5 Å². The molecule has 0 bridgehead atoms. The number of para-hydroxylation sites is 1. The van der Waals surface area contributed by atoms with Gasteiger partial charge in [0.05, 0.1) is 12.5 Å². The van der Waals surface area contributed by atoms with E-state index in [1.165, 1.54) is 0 Å². The van der Waals surface area contributed by atoms with E-state index in [4.69, 9.17) is 9.84 Å². The van der Waals surface area contributed by atoms with Gasteiger partial charge >= 0.3 is 12.1 Å². The zero-order valence-electron chi connectivity index (χ0n) is 24.2. The lowest BCUT2D eigenvalue weighted by molar-refractivity contribution is -0.138. The molecule has 1 unspecified atom stereocenters. The van der Waals surface area contributed by atoms with Gasteiger partial charge in [0, 0.05) is 36.5 Å². The molecule has 1 aromatic heterocycles. The highest BCUT2D eigenvalue weighted by Gasteiger charge is 2.38. The summed E-state index contributed by atoms with van der Waals surface area (Å²) < 4.78 is 5.81. The first kappa shape index (κ1) is 30.6. The summed E-state index contributed by atoms with van der Waals surface area (Å²) in [5.74, 6) is -1.70. The van der Waals surface area contributed by atoms with E-state index in [1.54, 1.807) is 6.92 Å². The second-order valence-electron chi connectivity index (χ2n) is 11.3. The fourth-order valence-corrected chi connectivity index (χ4v) is 5.50. The average Bonchev–Trinajstić information content (AvgIpc) is 3.37. The molecule has 0 spiro atoms. The van der Waals surface area contributed by atoms with Gasteiger partial charge in [-0.1, -0.05) is 61.9 Å². The topological polar surface area (TPSA) is 150 Å². The number of fused-ring (bicyclic) bond motifs is 1. The molecule has 10 heteroatoms. The van der Waals surface area contributed by atoms with Crippen molar-refractivity contribution in [2.24, 2.45) is 5.92 Å². The van der Waals surface area contributed by atoms with Gasteiger partial charge in [-0.2, -0.15) is 0 Å². The van der Waals surface area contributed by atoms with Gasteiger partial charge in [-0.25, -0.2) is 4.79 Å². The first-order valence-electron chi connectivity index (χ1n) is 14.5. The summed E-state index contributed by atoms with van der Waals surface area (Å²) in [5.41, 5.74) is 1.14. The van der Waals surface area contributed by atoms with Crippen molar-refractivity contribution >= 4 is 34.8 Å². The lowest BCUT2D eigenvalue weighted by Crippen LogP contribution is -2.59. The molecule has 1 saturated carbocycles. The van der Waals surface area contributed by atoms with Gasteiger partial charge in [0.2, 0.25) is 11.8 Å². The fourth-order valence-electron chi connectivity index (χ4n) is 5.50. The summed E-state index contributed by atoms with van der Waals surface area (Å²) in [6, 6.07) is 16.2. The molecular weight excluding hydrogens is 536 g/mol. The Labute approximate surface area is 245 Å². The third-order valence-electron chi connectivity index (χ3n) is 7.96. The molecule has 0 aliphatic heterocycles. The van der Waals surface area contributed by atoms with Crippen LogP contribution in [0.2, 0.25) is 0 Å². The number of aliphatic carboxylic acids is 1. The Hall–Kier alpha value is -4.34. The molecule has 1 fully saturated rings. The van der Waals surface area contributed by atoms with Gasteiger partial charge in [0.1, 0.15) is 11.6 Å². The van der Waals surface area contributed by atoms with E-state index in [9.17, 15) is 19.2 Å². The molecule has 0 saturated heterocycles. The Morgan fingerprint density at radius 1 is 1.02 bits per heavy atom. The number of carbonyl (C=O) groups is 4. The molecule has 4 atom stereocenters. The normalized spacial score (nSPS) is 18.8. The lowest BCUT2D eigenvalue weighted by atomic mass is 9.88. The number of hydrogen-bond donors (Lipinski definition) is 5. The van der Waals surface area contributed by atoms with Gasteiger partial charge in [-0.15, -0.1) is 0 Å². The maximum atomic E-state index is 13.9. The van der Waals surface area contributed by atoms with E-state index in [0.29, 0.717) is 0 Å². The van der Waals surface area contributed by atoms with Crippen molar-refractivity contribution in [3.8, 4) is 0 Å². The summed E-state index contributed by atoms with van der Waals surface area (Å²) in [6.07, 6.45) is 4.58. The molecule has 10 nitrogen and oxygen atoms in total. The number of rotatable bonds is 12. The fraction of sp³-hybridized carbons (Fsp3) is 0.438. The molecule has 1 aliphatic rings.